The fraction of sp³-hybridized carbons (Fsp3) is 1.00. The van der Waals surface area contributed by atoms with Crippen molar-refractivity contribution in [2.45, 2.75) is 72.9 Å². The normalized spacial score (nSPS) is 24.7. The highest BCUT2D eigenvalue weighted by atomic mass is 16.5. The first-order valence-electron chi connectivity index (χ1n) is 8.89. The first kappa shape index (κ1) is 18.9. The summed E-state index contributed by atoms with van der Waals surface area (Å²) in [5.41, 5.74) is 0.322. The molecule has 0 amide bonds. The molecule has 0 radical (unpaired) electrons. The number of rotatable bonds is 8. The number of ether oxygens (including phenoxy) is 1. The monoisotopic (exact) mass is 298 g/mol. The van der Waals surface area contributed by atoms with E-state index in [4.69, 9.17) is 4.74 Å². The minimum absolute atomic E-state index is 0.322. The first-order chi connectivity index (χ1) is 9.84. The van der Waals surface area contributed by atoms with Crippen LogP contribution in [-0.2, 0) is 4.74 Å². The Labute approximate surface area is 132 Å². The van der Waals surface area contributed by atoms with Crippen molar-refractivity contribution >= 4 is 0 Å². The van der Waals surface area contributed by atoms with Gasteiger partial charge in [0.2, 0.25) is 0 Å². The predicted molar refractivity (Wildman–Crippen MR) is 91.8 cm³/mol. The van der Waals surface area contributed by atoms with Crippen LogP contribution in [0.4, 0.5) is 0 Å². The van der Waals surface area contributed by atoms with Gasteiger partial charge in [-0.05, 0) is 24.2 Å². The Kier molecular flexibility index (Phi) is 8.22. The molecule has 1 aliphatic rings. The molecule has 0 aromatic rings. The maximum absolute atomic E-state index is 5.84. The molecule has 0 aliphatic carbocycles. The first-order valence-corrected chi connectivity index (χ1v) is 8.89. The second kappa shape index (κ2) is 9.12. The van der Waals surface area contributed by atoms with Crippen molar-refractivity contribution in [3.8, 4) is 0 Å². The summed E-state index contributed by atoms with van der Waals surface area (Å²) in [4.78, 5) is 2.66. The molecule has 0 aromatic heterocycles. The lowest BCUT2D eigenvalue weighted by Crippen LogP contribution is -2.61. The largest absolute Gasteiger partial charge is 0.380 e. The smallest absolute Gasteiger partial charge is 0.0593 e. The van der Waals surface area contributed by atoms with Crippen molar-refractivity contribution in [1.29, 1.82) is 0 Å². The summed E-state index contributed by atoms with van der Waals surface area (Å²) in [6, 6.07) is 1.27. The van der Waals surface area contributed by atoms with E-state index in [1.165, 1.54) is 25.8 Å². The van der Waals surface area contributed by atoms with Crippen molar-refractivity contribution in [3.63, 3.8) is 0 Å². The SMILES string of the molecule is CCCC1CN(CCOCCC(C)C)C(C(C)(C)C)CN1. The zero-order valence-electron chi connectivity index (χ0n) is 15.2. The minimum Gasteiger partial charge on any atom is -0.380 e. The highest BCUT2D eigenvalue weighted by Gasteiger charge is 2.34. The number of piperazine rings is 1. The summed E-state index contributed by atoms with van der Waals surface area (Å²) in [5, 5.41) is 3.74. The van der Waals surface area contributed by atoms with E-state index in [9.17, 15) is 0 Å². The van der Waals surface area contributed by atoms with Gasteiger partial charge >= 0.3 is 0 Å². The summed E-state index contributed by atoms with van der Waals surface area (Å²) >= 11 is 0. The molecule has 1 saturated heterocycles. The highest BCUT2D eigenvalue weighted by Crippen LogP contribution is 2.26. The Balaban J connectivity index is 2.42. The number of nitrogens with one attached hydrogen (secondary N) is 1. The van der Waals surface area contributed by atoms with E-state index >= 15 is 0 Å². The van der Waals surface area contributed by atoms with E-state index in [-0.39, 0.29) is 0 Å². The van der Waals surface area contributed by atoms with Crippen LogP contribution < -0.4 is 5.32 Å². The molecule has 2 unspecified atom stereocenters. The summed E-state index contributed by atoms with van der Waals surface area (Å²) in [6.45, 7) is 19.0. The van der Waals surface area contributed by atoms with Crippen LogP contribution in [0.25, 0.3) is 0 Å². The zero-order valence-corrected chi connectivity index (χ0v) is 15.2. The van der Waals surface area contributed by atoms with Crippen molar-refractivity contribution in [3.05, 3.63) is 0 Å². The van der Waals surface area contributed by atoms with Gasteiger partial charge in [0.1, 0.15) is 0 Å². The summed E-state index contributed by atoms with van der Waals surface area (Å²) in [5.74, 6) is 0.737. The standard InChI is InChI=1S/C18H38N2O/c1-7-8-16-14-20(10-12-21-11-9-15(2)3)17(13-19-16)18(4,5)6/h15-17,19H,7-14H2,1-6H3. The van der Waals surface area contributed by atoms with Gasteiger partial charge in [-0.15, -0.1) is 0 Å². The fourth-order valence-electron chi connectivity index (χ4n) is 3.13. The van der Waals surface area contributed by atoms with Crippen LogP contribution in [0.1, 0.15) is 60.8 Å². The summed E-state index contributed by atoms with van der Waals surface area (Å²) < 4.78 is 5.84. The molecule has 1 aliphatic heterocycles. The third-order valence-electron chi connectivity index (χ3n) is 4.49. The Morgan fingerprint density at radius 3 is 2.52 bits per heavy atom. The van der Waals surface area contributed by atoms with Gasteiger partial charge in [-0.25, -0.2) is 0 Å². The Morgan fingerprint density at radius 2 is 1.95 bits per heavy atom. The Bertz CT molecular complexity index is 273. The predicted octanol–water partition coefficient (Wildman–Crippen LogP) is 3.54. The van der Waals surface area contributed by atoms with Crippen LogP contribution in [-0.4, -0.2) is 49.8 Å². The quantitative estimate of drug-likeness (QED) is 0.694. The van der Waals surface area contributed by atoms with E-state index < -0.39 is 0 Å². The van der Waals surface area contributed by atoms with Gasteiger partial charge in [0.05, 0.1) is 6.61 Å². The molecule has 1 fully saturated rings. The Morgan fingerprint density at radius 1 is 1.24 bits per heavy atom. The van der Waals surface area contributed by atoms with Crippen LogP contribution >= 0.6 is 0 Å². The van der Waals surface area contributed by atoms with E-state index in [0.717, 1.165) is 32.2 Å². The molecule has 126 valence electrons. The zero-order chi connectivity index (χ0) is 15.9. The molecule has 1 heterocycles. The summed E-state index contributed by atoms with van der Waals surface area (Å²) in [6.07, 6.45) is 3.71. The molecule has 1 N–H and O–H groups in total. The van der Waals surface area contributed by atoms with Crippen LogP contribution in [0.5, 0.6) is 0 Å². The number of nitrogens with zero attached hydrogens (tertiary/aromatic N) is 1. The average Bonchev–Trinajstić information content (AvgIpc) is 2.37. The van der Waals surface area contributed by atoms with Gasteiger partial charge in [-0.1, -0.05) is 48.0 Å². The second-order valence-electron chi connectivity index (χ2n) is 8.07. The molecular formula is C18H38N2O. The number of hydrogen-bond donors (Lipinski definition) is 1. The van der Waals surface area contributed by atoms with Gasteiger partial charge in [0, 0.05) is 38.3 Å². The molecule has 2 atom stereocenters. The van der Waals surface area contributed by atoms with Gasteiger partial charge in [0.25, 0.3) is 0 Å². The molecule has 21 heavy (non-hydrogen) atoms. The van der Waals surface area contributed by atoms with Crippen LogP contribution in [0.2, 0.25) is 0 Å². The van der Waals surface area contributed by atoms with Crippen LogP contribution in [0.3, 0.4) is 0 Å². The van der Waals surface area contributed by atoms with Gasteiger partial charge < -0.3 is 10.1 Å². The molecule has 3 heteroatoms. The maximum Gasteiger partial charge on any atom is 0.0593 e. The van der Waals surface area contributed by atoms with Gasteiger partial charge in [-0.3, -0.25) is 4.90 Å². The molecular weight excluding hydrogens is 260 g/mol. The van der Waals surface area contributed by atoms with Crippen molar-refractivity contribution in [2.24, 2.45) is 11.3 Å². The van der Waals surface area contributed by atoms with E-state index in [1.807, 2.05) is 0 Å². The Hall–Kier alpha value is -0.120. The van der Waals surface area contributed by atoms with E-state index in [2.05, 4.69) is 51.8 Å². The lowest BCUT2D eigenvalue weighted by molar-refractivity contribution is 0.0221. The highest BCUT2D eigenvalue weighted by molar-refractivity contribution is 4.92. The molecule has 0 saturated carbocycles. The molecule has 3 nitrogen and oxygen atoms in total. The average molecular weight is 299 g/mol. The van der Waals surface area contributed by atoms with E-state index in [1.54, 1.807) is 0 Å². The van der Waals surface area contributed by atoms with Gasteiger partial charge in [-0.2, -0.15) is 0 Å². The van der Waals surface area contributed by atoms with Crippen molar-refractivity contribution in [1.82, 2.24) is 10.2 Å². The lowest BCUT2D eigenvalue weighted by Gasteiger charge is -2.46. The fourth-order valence-corrected chi connectivity index (χ4v) is 3.13. The van der Waals surface area contributed by atoms with E-state index in [0.29, 0.717) is 17.5 Å². The molecule has 0 bridgehead atoms. The molecule has 0 spiro atoms. The van der Waals surface area contributed by atoms with Crippen molar-refractivity contribution in [2.75, 3.05) is 32.8 Å². The lowest BCUT2D eigenvalue weighted by atomic mass is 9.83. The van der Waals surface area contributed by atoms with Crippen LogP contribution in [0.15, 0.2) is 0 Å². The van der Waals surface area contributed by atoms with Crippen LogP contribution in [0, 0.1) is 11.3 Å². The topological polar surface area (TPSA) is 24.5 Å². The third-order valence-corrected chi connectivity index (χ3v) is 4.49. The maximum atomic E-state index is 5.84. The second-order valence-corrected chi connectivity index (χ2v) is 8.07. The van der Waals surface area contributed by atoms with Gasteiger partial charge in [0.15, 0.2) is 0 Å². The molecule has 1 rings (SSSR count). The molecule has 0 aromatic carbocycles. The number of hydrogen-bond acceptors (Lipinski definition) is 3. The van der Waals surface area contributed by atoms with Crippen molar-refractivity contribution < 1.29 is 4.74 Å². The summed E-state index contributed by atoms with van der Waals surface area (Å²) in [7, 11) is 0. The third kappa shape index (κ3) is 7.12. The minimum atomic E-state index is 0.322.